The van der Waals surface area contributed by atoms with E-state index in [0.29, 0.717) is 28.8 Å². The molecule has 0 radical (unpaired) electrons. The smallest absolute Gasteiger partial charge is 0.263 e. The van der Waals surface area contributed by atoms with Crippen LogP contribution in [0.15, 0.2) is 18.2 Å². The van der Waals surface area contributed by atoms with E-state index in [0.717, 1.165) is 10.1 Å². The van der Waals surface area contributed by atoms with Crippen LogP contribution in [0, 0.1) is 0 Å². The topological polar surface area (TPSA) is 64.3 Å². The Hall–Kier alpha value is -1.30. The van der Waals surface area contributed by atoms with E-state index in [9.17, 15) is 4.79 Å². The molecule has 1 atom stereocenters. The Kier molecular flexibility index (Phi) is 4.86. The quantitative estimate of drug-likeness (QED) is 0.890. The van der Waals surface area contributed by atoms with E-state index in [1.54, 1.807) is 6.07 Å². The molecule has 1 heterocycles. The number of benzene rings is 1. The fourth-order valence-electron chi connectivity index (χ4n) is 1.92. The highest BCUT2D eigenvalue weighted by molar-refractivity contribution is 7.21. The minimum Gasteiger partial charge on any atom is -0.397 e. The Morgan fingerprint density at radius 1 is 1.55 bits per heavy atom. The van der Waals surface area contributed by atoms with Gasteiger partial charge in [0.05, 0.1) is 17.3 Å². The maximum atomic E-state index is 12.2. The van der Waals surface area contributed by atoms with Gasteiger partial charge in [-0.3, -0.25) is 4.79 Å². The van der Waals surface area contributed by atoms with E-state index in [1.807, 2.05) is 26.0 Å². The first kappa shape index (κ1) is 15.1. The molecule has 20 heavy (non-hydrogen) atoms. The zero-order chi connectivity index (χ0) is 14.7. The predicted molar refractivity (Wildman–Crippen MR) is 84.7 cm³/mol. The van der Waals surface area contributed by atoms with Gasteiger partial charge in [0, 0.05) is 22.7 Å². The molecule has 0 saturated carbocycles. The second-order valence-corrected chi connectivity index (χ2v) is 5.95. The number of hydrogen-bond acceptors (Lipinski definition) is 4. The van der Waals surface area contributed by atoms with Gasteiger partial charge in [0.25, 0.3) is 5.91 Å². The van der Waals surface area contributed by atoms with Crippen molar-refractivity contribution in [2.75, 3.05) is 18.9 Å². The molecule has 1 aromatic carbocycles. The lowest BCUT2D eigenvalue weighted by molar-refractivity contribution is 0.0876. The van der Waals surface area contributed by atoms with Crippen molar-refractivity contribution >= 4 is 44.6 Å². The summed E-state index contributed by atoms with van der Waals surface area (Å²) < 4.78 is 6.19. The standard InChI is InChI=1S/C14H17ClN2O2S/c1-3-19-7-8(2)17-14(18)13-12(16)11-9(15)5-4-6-10(11)20-13/h4-6,8H,3,7,16H2,1-2H3,(H,17,18). The molecule has 1 amide bonds. The molecular weight excluding hydrogens is 296 g/mol. The second-order valence-electron chi connectivity index (χ2n) is 4.49. The van der Waals surface area contributed by atoms with E-state index in [2.05, 4.69) is 5.32 Å². The van der Waals surface area contributed by atoms with Gasteiger partial charge in [-0.05, 0) is 26.0 Å². The van der Waals surface area contributed by atoms with E-state index in [-0.39, 0.29) is 11.9 Å². The average molecular weight is 313 g/mol. The van der Waals surface area contributed by atoms with Gasteiger partial charge in [0.1, 0.15) is 4.88 Å². The highest BCUT2D eigenvalue weighted by Gasteiger charge is 2.19. The van der Waals surface area contributed by atoms with Crippen molar-refractivity contribution in [3.05, 3.63) is 28.1 Å². The average Bonchev–Trinajstić information content (AvgIpc) is 2.75. The molecule has 0 bridgehead atoms. The monoisotopic (exact) mass is 312 g/mol. The maximum Gasteiger partial charge on any atom is 0.263 e. The minimum atomic E-state index is -0.188. The van der Waals surface area contributed by atoms with E-state index >= 15 is 0 Å². The Balaban J connectivity index is 2.22. The van der Waals surface area contributed by atoms with Gasteiger partial charge in [0.15, 0.2) is 0 Å². The van der Waals surface area contributed by atoms with Gasteiger partial charge in [-0.15, -0.1) is 11.3 Å². The largest absolute Gasteiger partial charge is 0.397 e. The highest BCUT2D eigenvalue weighted by Crippen LogP contribution is 2.37. The summed E-state index contributed by atoms with van der Waals surface area (Å²) in [6, 6.07) is 5.46. The van der Waals surface area contributed by atoms with Crippen molar-refractivity contribution in [2.45, 2.75) is 19.9 Å². The first-order valence-electron chi connectivity index (χ1n) is 6.39. The molecule has 0 aliphatic heterocycles. The van der Waals surface area contributed by atoms with Gasteiger partial charge in [-0.25, -0.2) is 0 Å². The molecule has 0 fully saturated rings. The van der Waals surface area contributed by atoms with Crippen LogP contribution in [0.25, 0.3) is 10.1 Å². The molecule has 2 rings (SSSR count). The number of fused-ring (bicyclic) bond motifs is 1. The second kappa shape index (κ2) is 6.43. The zero-order valence-corrected chi connectivity index (χ0v) is 13.0. The number of carbonyl (C=O) groups excluding carboxylic acids is 1. The third-order valence-corrected chi connectivity index (χ3v) is 4.34. The van der Waals surface area contributed by atoms with E-state index in [4.69, 9.17) is 22.1 Å². The molecule has 6 heteroatoms. The van der Waals surface area contributed by atoms with Crippen molar-refractivity contribution < 1.29 is 9.53 Å². The van der Waals surface area contributed by atoms with Crippen LogP contribution >= 0.6 is 22.9 Å². The lowest BCUT2D eigenvalue weighted by atomic mass is 10.2. The molecular formula is C14H17ClN2O2S. The Morgan fingerprint density at radius 3 is 2.95 bits per heavy atom. The van der Waals surface area contributed by atoms with Gasteiger partial charge >= 0.3 is 0 Å². The number of amides is 1. The zero-order valence-electron chi connectivity index (χ0n) is 11.4. The van der Waals surface area contributed by atoms with E-state index in [1.165, 1.54) is 11.3 Å². The first-order chi connectivity index (χ1) is 9.54. The van der Waals surface area contributed by atoms with Crippen LogP contribution in [-0.2, 0) is 4.74 Å². The van der Waals surface area contributed by atoms with Gasteiger partial charge in [0.2, 0.25) is 0 Å². The lowest BCUT2D eigenvalue weighted by Gasteiger charge is -2.13. The molecule has 3 N–H and O–H groups in total. The summed E-state index contributed by atoms with van der Waals surface area (Å²) in [7, 11) is 0. The lowest BCUT2D eigenvalue weighted by Crippen LogP contribution is -2.35. The minimum absolute atomic E-state index is 0.0671. The molecule has 0 aliphatic carbocycles. The number of carbonyl (C=O) groups is 1. The van der Waals surface area contributed by atoms with Crippen molar-refractivity contribution in [1.29, 1.82) is 0 Å². The van der Waals surface area contributed by atoms with E-state index < -0.39 is 0 Å². The van der Waals surface area contributed by atoms with Crippen molar-refractivity contribution in [2.24, 2.45) is 0 Å². The molecule has 1 aromatic heterocycles. The predicted octanol–water partition coefficient (Wildman–Crippen LogP) is 3.29. The molecule has 0 aliphatic rings. The summed E-state index contributed by atoms with van der Waals surface area (Å²) in [6.45, 7) is 4.92. The number of nitrogens with two attached hydrogens (primary N) is 1. The number of ether oxygens (including phenoxy) is 1. The first-order valence-corrected chi connectivity index (χ1v) is 7.59. The Morgan fingerprint density at radius 2 is 2.30 bits per heavy atom. The number of anilines is 1. The van der Waals surface area contributed by atoms with Gasteiger partial charge < -0.3 is 15.8 Å². The SMILES string of the molecule is CCOCC(C)NC(=O)c1sc2cccc(Cl)c2c1N. The summed E-state index contributed by atoms with van der Waals surface area (Å²) in [6.07, 6.45) is 0. The number of thiophene rings is 1. The van der Waals surface area contributed by atoms with Crippen molar-refractivity contribution in [1.82, 2.24) is 5.32 Å². The third kappa shape index (κ3) is 3.06. The van der Waals surface area contributed by atoms with Gasteiger partial charge in [-0.2, -0.15) is 0 Å². The summed E-state index contributed by atoms with van der Waals surface area (Å²) >= 11 is 7.48. The van der Waals surface area contributed by atoms with Crippen LogP contribution in [0.3, 0.4) is 0 Å². The number of nitrogen functional groups attached to an aromatic ring is 1. The van der Waals surface area contributed by atoms with Crippen molar-refractivity contribution in [3.63, 3.8) is 0 Å². The highest BCUT2D eigenvalue weighted by atomic mass is 35.5. The van der Waals surface area contributed by atoms with Crippen molar-refractivity contribution in [3.8, 4) is 0 Å². The molecule has 108 valence electrons. The summed E-state index contributed by atoms with van der Waals surface area (Å²) in [4.78, 5) is 12.7. The fraction of sp³-hybridized carbons (Fsp3) is 0.357. The molecule has 2 aromatic rings. The van der Waals surface area contributed by atoms with Crippen LogP contribution in [0.1, 0.15) is 23.5 Å². The normalized spacial score (nSPS) is 12.6. The van der Waals surface area contributed by atoms with Crippen LogP contribution in [0.5, 0.6) is 0 Å². The maximum absolute atomic E-state index is 12.2. The fourth-order valence-corrected chi connectivity index (χ4v) is 3.31. The molecule has 0 saturated heterocycles. The van der Waals surface area contributed by atoms with Crippen LogP contribution in [0.2, 0.25) is 5.02 Å². The number of rotatable bonds is 5. The molecule has 0 spiro atoms. The Bertz CT molecular complexity index is 627. The molecule has 4 nitrogen and oxygen atoms in total. The summed E-state index contributed by atoms with van der Waals surface area (Å²) in [5, 5.41) is 4.19. The summed E-state index contributed by atoms with van der Waals surface area (Å²) in [5.74, 6) is -0.188. The van der Waals surface area contributed by atoms with Crippen LogP contribution in [-0.4, -0.2) is 25.2 Å². The number of halogens is 1. The summed E-state index contributed by atoms with van der Waals surface area (Å²) in [5.41, 5.74) is 6.49. The number of hydrogen-bond donors (Lipinski definition) is 2. The van der Waals surface area contributed by atoms with Crippen LogP contribution in [0.4, 0.5) is 5.69 Å². The number of nitrogens with one attached hydrogen (secondary N) is 1. The Labute approximate surface area is 126 Å². The third-order valence-electron chi connectivity index (χ3n) is 2.86. The molecule has 1 unspecified atom stereocenters. The van der Waals surface area contributed by atoms with Crippen LogP contribution < -0.4 is 11.1 Å². The van der Waals surface area contributed by atoms with Gasteiger partial charge in [-0.1, -0.05) is 17.7 Å².